The first kappa shape index (κ1) is 45.1. The maximum Gasteiger partial charge on any atom is 0.446 e. The number of anilines is 2. The highest BCUT2D eigenvalue weighted by molar-refractivity contribution is 8.00. The van der Waals surface area contributed by atoms with Gasteiger partial charge in [0, 0.05) is 97.5 Å². The number of hydrogen-bond acceptors (Lipinski definition) is 11. The van der Waals surface area contributed by atoms with Crippen LogP contribution in [0.4, 0.5) is 24.7 Å². The van der Waals surface area contributed by atoms with E-state index in [9.17, 15) is 18.0 Å². The van der Waals surface area contributed by atoms with Crippen LogP contribution in [0.25, 0.3) is 16.6 Å². The number of aromatic nitrogens is 3. The highest BCUT2D eigenvalue weighted by Gasteiger charge is 2.32. The van der Waals surface area contributed by atoms with E-state index in [-0.39, 0.29) is 33.5 Å². The third kappa shape index (κ3) is 12.2. The molecule has 2 fully saturated rings. The quantitative estimate of drug-likeness (QED) is 0.0458. The van der Waals surface area contributed by atoms with E-state index in [0.29, 0.717) is 34.3 Å². The van der Waals surface area contributed by atoms with Crippen LogP contribution in [0.15, 0.2) is 94.5 Å². The molecular weight excluding hydrogens is 867 g/mol. The summed E-state index contributed by atoms with van der Waals surface area (Å²) < 4.78 is 50.3. The Morgan fingerprint density at radius 2 is 1.76 bits per heavy atom. The van der Waals surface area contributed by atoms with Crippen LogP contribution in [-0.2, 0) is 0 Å². The number of thioether (sulfide) groups is 1. The van der Waals surface area contributed by atoms with Gasteiger partial charge in [-0.15, -0.1) is 0 Å². The van der Waals surface area contributed by atoms with Crippen LogP contribution in [-0.4, -0.2) is 108 Å². The van der Waals surface area contributed by atoms with E-state index in [0.717, 1.165) is 113 Å². The number of benzene rings is 2. The first-order chi connectivity index (χ1) is 30.3. The van der Waals surface area contributed by atoms with Gasteiger partial charge in [0.1, 0.15) is 22.8 Å². The van der Waals surface area contributed by atoms with Gasteiger partial charge in [-0.05, 0) is 127 Å². The van der Waals surface area contributed by atoms with Crippen molar-refractivity contribution in [1.82, 2.24) is 34.8 Å². The molecule has 0 atom stereocenters. The zero-order valence-electron chi connectivity index (χ0n) is 35.5. The lowest BCUT2D eigenvalue weighted by molar-refractivity contribution is -0.0328. The standard InChI is InChI=1S/C46H53ClF3N9O2S2/c1-45(2)14-12-33(38(28-45)31-4-6-34(47)7-5-31)30-58-22-24-59(25-23-58)41-11-9-37(44(55-41)61-35-26-32-13-16-53-42(32)54-29-35)43(60)56-63-36-8-10-39(40(27-36)62-46(48,49)50)52-15-3-19-57-20-17-51-18-21-57/h4-11,13,16,26-27,29,51-52H,3,12,14-15,17-25,28,30H2,1-2H3,(H,53,54)(H,56,60). The summed E-state index contributed by atoms with van der Waals surface area (Å²) in [4.78, 5) is 33.8. The van der Waals surface area contributed by atoms with Gasteiger partial charge < -0.3 is 30.2 Å². The number of halogens is 4. The molecule has 0 radical (unpaired) electrons. The molecular formula is C46H53ClF3N9O2S2. The molecule has 0 saturated carbocycles. The Labute approximate surface area is 380 Å². The van der Waals surface area contributed by atoms with Crippen LogP contribution in [0, 0.1) is 5.41 Å². The first-order valence-corrected chi connectivity index (χ1v) is 23.5. The Hall–Kier alpha value is -4.45. The van der Waals surface area contributed by atoms with Gasteiger partial charge in [0.25, 0.3) is 5.91 Å². The number of nitrogens with one attached hydrogen (secondary N) is 4. The van der Waals surface area contributed by atoms with Crippen molar-refractivity contribution in [2.45, 2.75) is 54.8 Å². The summed E-state index contributed by atoms with van der Waals surface area (Å²) in [5.41, 5.74) is 1.18. The normalized spacial score (nSPS) is 17.6. The summed E-state index contributed by atoms with van der Waals surface area (Å²) in [6, 6.07) is 20.2. The number of hydrogen-bond donors (Lipinski definition) is 4. The summed E-state index contributed by atoms with van der Waals surface area (Å²) in [7, 11) is 0. The van der Waals surface area contributed by atoms with Crippen molar-refractivity contribution in [2.24, 2.45) is 5.41 Å². The number of piperazine rings is 2. The van der Waals surface area contributed by atoms with Gasteiger partial charge in [0.2, 0.25) is 5.88 Å². The van der Waals surface area contributed by atoms with Gasteiger partial charge in [0.05, 0.1) is 6.20 Å². The van der Waals surface area contributed by atoms with Gasteiger partial charge in [0.15, 0.2) is 0 Å². The molecule has 0 spiro atoms. The second-order valence-electron chi connectivity index (χ2n) is 17.0. The molecule has 2 saturated heterocycles. The monoisotopic (exact) mass is 919 g/mol. The van der Waals surface area contributed by atoms with Crippen molar-refractivity contribution in [1.29, 1.82) is 0 Å². The van der Waals surface area contributed by atoms with Gasteiger partial charge >= 0.3 is 5.51 Å². The van der Waals surface area contributed by atoms with E-state index < -0.39 is 11.4 Å². The number of rotatable bonds is 15. The molecule has 8 rings (SSSR count). The summed E-state index contributed by atoms with van der Waals surface area (Å²) in [5.74, 6) is 0.675. The molecule has 11 nitrogen and oxygen atoms in total. The minimum Gasteiger partial charge on any atom is -0.436 e. The number of H-pyrrole nitrogens is 1. The molecule has 0 bridgehead atoms. The largest absolute Gasteiger partial charge is 0.446 e. The molecule has 0 unspecified atom stereocenters. The number of allylic oxidation sites excluding steroid dienone is 1. The van der Waals surface area contributed by atoms with Crippen LogP contribution in [0.1, 0.15) is 55.5 Å². The first-order valence-electron chi connectivity index (χ1n) is 21.4. The second-order valence-corrected chi connectivity index (χ2v) is 19.4. The van der Waals surface area contributed by atoms with Gasteiger partial charge in [-0.2, -0.15) is 18.2 Å². The lowest BCUT2D eigenvalue weighted by Crippen LogP contribution is -2.47. The zero-order chi connectivity index (χ0) is 44.0. The number of amides is 1. The smallest absolute Gasteiger partial charge is 0.436 e. The second kappa shape index (κ2) is 20.2. The van der Waals surface area contributed by atoms with Gasteiger partial charge in [-0.25, -0.2) is 4.98 Å². The predicted molar refractivity (Wildman–Crippen MR) is 249 cm³/mol. The Morgan fingerprint density at radius 3 is 2.54 bits per heavy atom. The Morgan fingerprint density at radius 1 is 0.968 bits per heavy atom. The highest BCUT2D eigenvalue weighted by Crippen LogP contribution is 2.44. The number of pyridine rings is 2. The molecule has 2 aromatic carbocycles. The average Bonchev–Trinajstić information content (AvgIpc) is 3.74. The molecule has 1 amide bonds. The predicted octanol–water partition coefficient (Wildman–Crippen LogP) is 9.95. The van der Waals surface area contributed by atoms with E-state index in [1.165, 1.54) is 22.8 Å². The fraction of sp³-hybridized carbons (Fsp3) is 0.413. The maximum atomic E-state index is 13.9. The van der Waals surface area contributed by atoms with Crippen molar-refractivity contribution in [3.63, 3.8) is 0 Å². The minimum atomic E-state index is -4.49. The summed E-state index contributed by atoms with van der Waals surface area (Å²) in [6.07, 6.45) is 7.40. The molecule has 334 valence electrons. The fourth-order valence-corrected chi connectivity index (χ4v) is 9.87. The van der Waals surface area contributed by atoms with Crippen molar-refractivity contribution >= 4 is 69.3 Å². The number of ether oxygens (including phenoxy) is 1. The van der Waals surface area contributed by atoms with E-state index in [1.54, 1.807) is 30.6 Å². The van der Waals surface area contributed by atoms with E-state index in [1.807, 2.05) is 30.3 Å². The molecule has 4 N–H and O–H groups in total. The van der Waals surface area contributed by atoms with Crippen molar-refractivity contribution in [3.8, 4) is 11.6 Å². The number of aromatic amines is 1. The molecule has 63 heavy (non-hydrogen) atoms. The summed E-state index contributed by atoms with van der Waals surface area (Å²) in [6.45, 7) is 14.0. The number of alkyl halides is 3. The SMILES string of the molecule is CC1(C)CCC(CN2CCN(c3ccc(C(=O)NSc4ccc(NCCCN5CCNCC5)c(SC(F)(F)F)c4)c(Oc4cnc5[nH]ccc5c4)n3)CC2)=C(c2ccc(Cl)cc2)C1. The third-order valence-corrected chi connectivity index (χ3v) is 13.6. The van der Waals surface area contributed by atoms with E-state index >= 15 is 0 Å². The molecule has 5 aromatic rings. The lowest BCUT2D eigenvalue weighted by Gasteiger charge is -2.39. The third-order valence-electron chi connectivity index (χ3n) is 11.8. The number of carbonyl (C=O) groups is 1. The molecule has 3 aliphatic rings. The van der Waals surface area contributed by atoms with Crippen LogP contribution in [0.5, 0.6) is 11.6 Å². The number of fused-ring (bicyclic) bond motifs is 1. The van der Waals surface area contributed by atoms with Crippen LogP contribution >= 0.6 is 35.3 Å². The van der Waals surface area contributed by atoms with Crippen LogP contribution in [0.2, 0.25) is 5.02 Å². The Bertz CT molecular complexity index is 2400. The van der Waals surface area contributed by atoms with Gasteiger partial charge in [-0.3, -0.25) is 14.4 Å². The zero-order valence-corrected chi connectivity index (χ0v) is 37.9. The van der Waals surface area contributed by atoms with Gasteiger partial charge in [-0.1, -0.05) is 43.2 Å². The molecule has 2 aliphatic heterocycles. The molecule has 17 heteroatoms. The van der Waals surface area contributed by atoms with Crippen molar-refractivity contribution < 1.29 is 22.7 Å². The van der Waals surface area contributed by atoms with E-state index in [4.69, 9.17) is 21.3 Å². The van der Waals surface area contributed by atoms with Crippen LogP contribution < -0.4 is 25.0 Å². The average molecular weight is 921 g/mol. The van der Waals surface area contributed by atoms with Crippen LogP contribution in [0.3, 0.4) is 0 Å². The molecule has 3 aromatic heterocycles. The molecule has 5 heterocycles. The Kier molecular flexibility index (Phi) is 14.4. The van der Waals surface area contributed by atoms with E-state index in [2.05, 4.69) is 66.0 Å². The summed E-state index contributed by atoms with van der Waals surface area (Å²) in [5, 5.41) is 8.10. The number of nitrogens with zero attached hydrogens (tertiary/aromatic N) is 5. The topological polar surface area (TPSA) is 114 Å². The summed E-state index contributed by atoms with van der Waals surface area (Å²) >= 11 is 7.01. The number of carbonyl (C=O) groups excluding carboxylic acids is 1. The molecule has 1 aliphatic carbocycles. The van der Waals surface area contributed by atoms with Crippen molar-refractivity contribution in [3.05, 3.63) is 101 Å². The maximum absolute atomic E-state index is 13.9. The fourth-order valence-electron chi connectivity index (χ4n) is 8.36. The lowest BCUT2D eigenvalue weighted by atomic mass is 9.72. The minimum absolute atomic E-state index is 0.0353. The van der Waals surface area contributed by atoms with Crippen molar-refractivity contribution in [2.75, 3.05) is 82.2 Å². The highest BCUT2D eigenvalue weighted by atomic mass is 35.5. The Balaban J connectivity index is 0.953.